The van der Waals surface area contributed by atoms with E-state index in [0.717, 1.165) is 21.9 Å². The molecular formula is C17H15F2N3OS. The van der Waals surface area contributed by atoms with Crippen LogP contribution in [-0.2, 0) is 11.3 Å². The molecule has 1 aromatic heterocycles. The van der Waals surface area contributed by atoms with Gasteiger partial charge >= 0.3 is 6.55 Å². The summed E-state index contributed by atoms with van der Waals surface area (Å²) in [6, 6.07) is 16.2. The zero-order valence-electron chi connectivity index (χ0n) is 12.7. The van der Waals surface area contributed by atoms with Crippen LogP contribution in [0.5, 0.6) is 0 Å². The van der Waals surface area contributed by atoms with Crippen molar-refractivity contribution in [3.63, 3.8) is 0 Å². The summed E-state index contributed by atoms with van der Waals surface area (Å²) in [6.07, 6.45) is 0. The molecule has 3 aromatic rings. The Morgan fingerprint density at radius 1 is 1.12 bits per heavy atom. The fourth-order valence-electron chi connectivity index (χ4n) is 2.29. The number of imidazole rings is 1. The number of alkyl halides is 2. The Labute approximate surface area is 141 Å². The molecule has 0 radical (unpaired) electrons. The monoisotopic (exact) mass is 347 g/mol. The molecule has 0 atom stereocenters. The molecule has 7 heteroatoms. The third-order valence-corrected chi connectivity index (χ3v) is 4.38. The second-order valence-corrected chi connectivity index (χ2v) is 6.02. The van der Waals surface area contributed by atoms with Gasteiger partial charge in [0.1, 0.15) is 0 Å². The van der Waals surface area contributed by atoms with E-state index in [1.807, 2.05) is 30.3 Å². The van der Waals surface area contributed by atoms with Crippen molar-refractivity contribution in [3.8, 4) is 0 Å². The fourth-order valence-corrected chi connectivity index (χ4v) is 3.13. The number of aromatic nitrogens is 2. The van der Waals surface area contributed by atoms with Crippen molar-refractivity contribution in [2.75, 3.05) is 5.75 Å². The number of nitrogens with one attached hydrogen (secondary N) is 1. The van der Waals surface area contributed by atoms with Gasteiger partial charge in [-0.05, 0) is 17.7 Å². The van der Waals surface area contributed by atoms with Crippen LogP contribution in [0.1, 0.15) is 12.1 Å². The van der Waals surface area contributed by atoms with Gasteiger partial charge in [0.25, 0.3) is 0 Å². The highest BCUT2D eigenvalue weighted by atomic mass is 32.2. The minimum atomic E-state index is -2.70. The lowest BCUT2D eigenvalue weighted by Crippen LogP contribution is -2.24. The van der Waals surface area contributed by atoms with Gasteiger partial charge in [0.2, 0.25) is 5.91 Å². The number of hydrogen-bond acceptors (Lipinski definition) is 3. The van der Waals surface area contributed by atoms with E-state index in [0.29, 0.717) is 17.6 Å². The average Bonchev–Trinajstić information content (AvgIpc) is 2.97. The second kappa shape index (κ2) is 7.44. The largest absolute Gasteiger partial charge is 0.351 e. The van der Waals surface area contributed by atoms with Crippen molar-refractivity contribution >= 4 is 28.7 Å². The van der Waals surface area contributed by atoms with Crippen LogP contribution in [0.2, 0.25) is 0 Å². The van der Waals surface area contributed by atoms with E-state index < -0.39 is 6.55 Å². The van der Waals surface area contributed by atoms with Gasteiger partial charge in [0, 0.05) is 6.54 Å². The first-order valence-electron chi connectivity index (χ1n) is 7.33. The van der Waals surface area contributed by atoms with Crippen LogP contribution in [-0.4, -0.2) is 21.2 Å². The molecule has 4 nitrogen and oxygen atoms in total. The Bertz CT molecular complexity index is 836. The maximum Gasteiger partial charge on any atom is 0.321 e. The van der Waals surface area contributed by atoms with E-state index in [1.54, 1.807) is 24.3 Å². The number of carbonyl (C=O) groups is 1. The van der Waals surface area contributed by atoms with Crippen molar-refractivity contribution in [2.24, 2.45) is 0 Å². The maximum atomic E-state index is 13.3. The zero-order valence-corrected chi connectivity index (χ0v) is 13.5. The van der Waals surface area contributed by atoms with Crippen molar-refractivity contribution in [1.82, 2.24) is 14.9 Å². The summed E-state index contributed by atoms with van der Waals surface area (Å²) in [7, 11) is 0. The molecule has 0 unspecified atom stereocenters. The van der Waals surface area contributed by atoms with Gasteiger partial charge in [0.05, 0.1) is 16.8 Å². The summed E-state index contributed by atoms with van der Waals surface area (Å²) < 4.78 is 27.4. The number of hydrogen-bond donors (Lipinski definition) is 1. The first kappa shape index (κ1) is 16.4. The summed E-state index contributed by atoms with van der Waals surface area (Å²) in [4.78, 5) is 16.1. The van der Waals surface area contributed by atoms with Crippen molar-refractivity contribution in [1.29, 1.82) is 0 Å². The van der Waals surface area contributed by atoms with Crippen LogP contribution in [0.25, 0.3) is 11.0 Å². The summed E-state index contributed by atoms with van der Waals surface area (Å²) in [6.45, 7) is -2.29. The predicted molar refractivity (Wildman–Crippen MR) is 90.0 cm³/mol. The van der Waals surface area contributed by atoms with Gasteiger partial charge in [0.15, 0.2) is 5.16 Å². The van der Waals surface area contributed by atoms with Gasteiger partial charge in [-0.25, -0.2) is 4.98 Å². The van der Waals surface area contributed by atoms with E-state index in [2.05, 4.69) is 10.3 Å². The molecule has 1 amide bonds. The van der Waals surface area contributed by atoms with Crippen LogP contribution in [0, 0.1) is 0 Å². The molecule has 1 heterocycles. The predicted octanol–water partition coefficient (Wildman–Crippen LogP) is 3.84. The van der Waals surface area contributed by atoms with Crippen LogP contribution in [0.15, 0.2) is 59.8 Å². The summed E-state index contributed by atoms with van der Waals surface area (Å²) in [5.41, 5.74) is 1.83. The molecule has 0 spiro atoms. The van der Waals surface area contributed by atoms with Gasteiger partial charge in [-0.3, -0.25) is 9.36 Å². The zero-order chi connectivity index (χ0) is 16.9. The molecule has 0 saturated carbocycles. The summed E-state index contributed by atoms with van der Waals surface area (Å²) in [5, 5.41) is 2.91. The van der Waals surface area contributed by atoms with Gasteiger partial charge in [-0.15, -0.1) is 0 Å². The molecule has 0 bridgehead atoms. The topological polar surface area (TPSA) is 46.9 Å². The van der Waals surface area contributed by atoms with E-state index in [-0.39, 0.29) is 16.8 Å². The third-order valence-electron chi connectivity index (χ3n) is 3.42. The van der Waals surface area contributed by atoms with Crippen LogP contribution in [0.3, 0.4) is 0 Å². The van der Waals surface area contributed by atoms with Crippen molar-refractivity contribution < 1.29 is 13.6 Å². The Kier molecular flexibility index (Phi) is 5.10. The van der Waals surface area contributed by atoms with Crippen LogP contribution >= 0.6 is 11.8 Å². The Hall–Kier alpha value is -2.41. The quantitative estimate of drug-likeness (QED) is 0.689. The lowest BCUT2D eigenvalue weighted by Gasteiger charge is -2.08. The third kappa shape index (κ3) is 3.73. The molecule has 124 valence electrons. The smallest absolute Gasteiger partial charge is 0.321 e. The molecule has 1 N–H and O–H groups in total. The Morgan fingerprint density at radius 2 is 1.83 bits per heavy atom. The van der Waals surface area contributed by atoms with Gasteiger partial charge in [-0.1, -0.05) is 54.2 Å². The number of carbonyl (C=O) groups excluding carboxylic acids is 1. The highest BCUT2D eigenvalue weighted by molar-refractivity contribution is 7.99. The summed E-state index contributed by atoms with van der Waals surface area (Å²) in [5.74, 6) is -0.195. The van der Waals surface area contributed by atoms with Crippen LogP contribution in [0.4, 0.5) is 8.78 Å². The number of rotatable bonds is 6. The first-order chi connectivity index (χ1) is 11.6. The molecule has 2 aromatic carbocycles. The number of amides is 1. The number of para-hydroxylation sites is 2. The molecule has 0 aliphatic heterocycles. The van der Waals surface area contributed by atoms with Gasteiger partial charge in [-0.2, -0.15) is 8.78 Å². The number of thioether (sulfide) groups is 1. The normalized spacial score (nSPS) is 11.1. The molecule has 0 aliphatic rings. The van der Waals surface area contributed by atoms with Crippen molar-refractivity contribution in [2.45, 2.75) is 18.3 Å². The van der Waals surface area contributed by atoms with Crippen LogP contribution < -0.4 is 5.32 Å². The first-order valence-corrected chi connectivity index (χ1v) is 8.32. The van der Waals surface area contributed by atoms with E-state index in [9.17, 15) is 13.6 Å². The molecular weight excluding hydrogens is 332 g/mol. The molecule has 0 saturated heterocycles. The van der Waals surface area contributed by atoms with E-state index in [4.69, 9.17) is 0 Å². The standard InChI is InChI=1S/C17H15F2N3OS/c18-16(19)22-14-9-5-4-8-13(14)21-17(22)24-11-15(23)20-10-12-6-2-1-3-7-12/h1-9,16H,10-11H2,(H,20,23). The van der Waals surface area contributed by atoms with Crippen molar-refractivity contribution in [3.05, 3.63) is 60.2 Å². The number of halogens is 2. The number of nitrogens with zero attached hydrogens (tertiary/aromatic N) is 2. The minimum absolute atomic E-state index is 0.0306. The molecule has 0 fully saturated rings. The maximum absolute atomic E-state index is 13.3. The Morgan fingerprint density at radius 3 is 2.58 bits per heavy atom. The molecule has 3 rings (SSSR count). The minimum Gasteiger partial charge on any atom is -0.351 e. The number of fused-ring (bicyclic) bond motifs is 1. The van der Waals surface area contributed by atoms with E-state index in [1.165, 1.54) is 0 Å². The highest BCUT2D eigenvalue weighted by Gasteiger charge is 2.18. The SMILES string of the molecule is O=C(CSc1nc2ccccc2n1C(F)F)NCc1ccccc1. The molecule has 0 aliphatic carbocycles. The molecule has 24 heavy (non-hydrogen) atoms. The lowest BCUT2D eigenvalue weighted by atomic mass is 10.2. The Balaban J connectivity index is 1.65. The fraction of sp³-hybridized carbons (Fsp3) is 0.176. The number of benzene rings is 2. The highest BCUT2D eigenvalue weighted by Crippen LogP contribution is 2.28. The summed E-state index contributed by atoms with van der Waals surface area (Å²) >= 11 is 1.00. The van der Waals surface area contributed by atoms with E-state index >= 15 is 0 Å². The van der Waals surface area contributed by atoms with Gasteiger partial charge < -0.3 is 5.32 Å². The average molecular weight is 347 g/mol. The second-order valence-electron chi connectivity index (χ2n) is 5.08. The lowest BCUT2D eigenvalue weighted by molar-refractivity contribution is -0.118.